The summed E-state index contributed by atoms with van der Waals surface area (Å²) in [5.74, 6) is 0.587. The lowest BCUT2D eigenvalue weighted by molar-refractivity contribution is -0.384. The van der Waals surface area contributed by atoms with Crippen molar-refractivity contribution in [2.24, 2.45) is 0 Å². The van der Waals surface area contributed by atoms with Crippen LogP contribution in [0.4, 0.5) is 18.9 Å². The lowest BCUT2D eigenvalue weighted by Crippen LogP contribution is -2.32. The van der Waals surface area contributed by atoms with E-state index in [0.29, 0.717) is 23.5 Å². The highest BCUT2D eigenvalue weighted by molar-refractivity contribution is 5.94. The number of carbonyl (C=O) groups excluding carboxylic acids is 1. The molecule has 0 radical (unpaired) electrons. The van der Waals surface area contributed by atoms with Crippen LogP contribution in [0.25, 0.3) is 0 Å². The van der Waals surface area contributed by atoms with Crippen LogP contribution in [0.15, 0.2) is 66.7 Å². The summed E-state index contributed by atoms with van der Waals surface area (Å²) < 4.78 is 49.3. The molecule has 0 saturated carbocycles. The molecule has 0 N–H and O–H groups in total. The van der Waals surface area contributed by atoms with E-state index in [9.17, 15) is 28.1 Å². The van der Waals surface area contributed by atoms with Crippen LogP contribution in [0.1, 0.15) is 27.0 Å². The molecular formula is C25H23F3N2O5. The number of hydrogen-bond acceptors (Lipinski definition) is 5. The van der Waals surface area contributed by atoms with E-state index in [0.717, 1.165) is 17.7 Å². The normalized spacial score (nSPS) is 11.1. The van der Waals surface area contributed by atoms with Gasteiger partial charge in [-0.05, 0) is 47.9 Å². The number of halogens is 3. The second-order valence-electron chi connectivity index (χ2n) is 7.67. The number of non-ortho nitro benzene ring substituents is 1. The minimum absolute atomic E-state index is 0.0208. The minimum atomic E-state index is -4.47. The summed E-state index contributed by atoms with van der Waals surface area (Å²) in [6.07, 6.45) is -4.06. The van der Waals surface area contributed by atoms with Crippen molar-refractivity contribution in [3.05, 3.63) is 99.1 Å². The summed E-state index contributed by atoms with van der Waals surface area (Å²) in [6.45, 7) is 0.227. The summed E-state index contributed by atoms with van der Waals surface area (Å²) in [5, 5.41) is 11.1. The van der Waals surface area contributed by atoms with Gasteiger partial charge in [0.1, 0.15) is 0 Å². The number of hydrogen-bond donors (Lipinski definition) is 0. The molecule has 0 aliphatic heterocycles. The predicted molar refractivity (Wildman–Crippen MR) is 123 cm³/mol. The average molecular weight is 488 g/mol. The molecule has 0 atom stereocenters. The third kappa shape index (κ3) is 6.50. The Bertz CT molecular complexity index is 1200. The number of nitrogens with zero attached hydrogens (tertiary/aromatic N) is 2. The van der Waals surface area contributed by atoms with Crippen LogP contribution in [0.2, 0.25) is 0 Å². The fourth-order valence-corrected chi connectivity index (χ4v) is 3.51. The third-order valence-corrected chi connectivity index (χ3v) is 5.36. The molecular weight excluding hydrogens is 465 g/mol. The van der Waals surface area contributed by atoms with Gasteiger partial charge in [-0.25, -0.2) is 0 Å². The number of nitro groups is 1. The number of amides is 1. The highest BCUT2D eigenvalue weighted by atomic mass is 19.4. The molecule has 0 aliphatic rings. The number of nitro benzene ring substituents is 1. The molecule has 0 aliphatic carbocycles. The largest absolute Gasteiger partial charge is 0.493 e. The average Bonchev–Trinajstić information content (AvgIpc) is 2.85. The molecule has 0 unspecified atom stereocenters. The zero-order chi connectivity index (χ0) is 25.6. The van der Waals surface area contributed by atoms with Gasteiger partial charge in [0.15, 0.2) is 11.5 Å². The van der Waals surface area contributed by atoms with Crippen molar-refractivity contribution in [2.45, 2.75) is 19.1 Å². The summed E-state index contributed by atoms with van der Waals surface area (Å²) in [7, 11) is 3.02. The van der Waals surface area contributed by atoms with Gasteiger partial charge in [-0.3, -0.25) is 14.9 Å². The third-order valence-electron chi connectivity index (χ3n) is 5.36. The maximum absolute atomic E-state index is 13.3. The van der Waals surface area contributed by atoms with Crippen LogP contribution in [-0.4, -0.2) is 36.5 Å². The van der Waals surface area contributed by atoms with Crippen LogP contribution in [-0.2, 0) is 19.1 Å². The number of carbonyl (C=O) groups is 1. The summed E-state index contributed by atoms with van der Waals surface area (Å²) in [5.41, 5.74) is 0.419. The summed E-state index contributed by atoms with van der Waals surface area (Å²) in [6, 6.07) is 15.2. The number of alkyl halides is 3. The lowest BCUT2D eigenvalue weighted by atomic mass is 10.1. The first-order chi connectivity index (χ1) is 16.6. The van der Waals surface area contributed by atoms with E-state index >= 15 is 0 Å². The van der Waals surface area contributed by atoms with E-state index in [1.54, 1.807) is 12.1 Å². The summed E-state index contributed by atoms with van der Waals surface area (Å²) in [4.78, 5) is 25.3. The van der Waals surface area contributed by atoms with Gasteiger partial charge in [0.25, 0.3) is 11.6 Å². The van der Waals surface area contributed by atoms with Gasteiger partial charge in [0.2, 0.25) is 0 Å². The van der Waals surface area contributed by atoms with E-state index in [1.165, 1.54) is 55.5 Å². The maximum Gasteiger partial charge on any atom is 0.416 e. The van der Waals surface area contributed by atoms with Gasteiger partial charge in [0.05, 0.1) is 24.7 Å². The van der Waals surface area contributed by atoms with Crippen molar-refractivity contribution in [3.63, 3.8) is 0 Å². The Morgan fingerprint density at radius 1 is 0.943 bits per heavy atom. The fraction of sp³-hybridized carbons (Fsp3) is 0.240. The van der Waals surface area contributed by atoms with E-state index in [-0.39, 0.29) is 24.3 Å². The molecule has 35 heavy (non-hydrogen) atoms. The SMILES string of the molecule is COc1ccc(CCN(Cc2ccc(C(F)(F)F)cc2)C(=O)c2cccc([N+](=O)[O-])c2)cc1OC. The van der Waals surface area contributed by atoms with Crippen LogP contribution >= 0.6 is 0 Å². The van der Waals surface area contributed by atoms with Gasteiger partial charge in [0, 0.05) is 30.8 Å². The van der Waals surface area contributed by atoms with E-state index < -0.39 is 22.6 Å². The molecule has 0 fully saturated rings. The smallest absolute Gasteiger partial charge is 0.416 e. The van der Waals surface area contributed by atoms with E-state index in [2.05, 4.69) is 0 Å². The van der Waals surface area contributed by atoms with Gasteiger partial charge < -0.3 is 14.4 Å². The highest BCUT2D eigenvalue weighted by Crippen LogP contribution is 2.30. The quantitative estimate of drug-likeness (QED) is 0.293. The molecule has 0 bridgehead atoms. The molecule has 0 saturated heterocycles. The van der Waals surface area contributed by atoms with Gasteiger partial charge in [-0.2, -0.15) is 13.2 Å². The zero-order valence-corrected chi connectivity index (χ0v) is 19.0. The molecule has 0 heterocycles. The first-order valence-corrected chi connectivity index (χ1v) is 10.5. The van der Waals surface area contributed by atoms with Crippen LogP contribution in [0.3, 0.4) is 0 Å². The number of methoxy groups -OCH3 is 2. The second kappa shape index (κ2) is 10.9. The number of benzene rings is 3. The molecule has 7 nitrogen and oxygen atoms in total. The maximum atomic E-state index is 13.3. The Labute approximate surface area is 199 Å². The van der Waals surface area contributed by atoms with Crippen molar-refractivity contribution in [3.8, 4) is 11.5 Å². The highest BCUT2D eigenvalue weighted by Gasteiger charge is 2.30. The molecule has 10 heteroatoms. The number of rotatable bonds is 9. The Kier molecular flexibility index (Phi) is 7.95. The second-order valence-corrected chi connectivity index (χ2v) is 7.67. The van der Waals surface area contributed by atoms with Crippen LogP contribution < -0.4 is 9.47 Å². The fourth-order valence-electron chi connectivity index (χ4n) is 3.51. The molecule has 0 aromatic heterocycles. The Morgan fingerprint density at radius 3 is 2.20 bits per heavy atom. The first-order valence-electron chi connectivity index (χ1n) is 10.5. The van der Waals surface area contributed by atoms with Gasteiger partial charge in [-0.1, -0.05) is 24.3 Å². The molecule has 3 aromatic rings. The van der Waals surface area contributed by atoms with Gasteiger partial charge in [-0.15, -0.1) is 0 Å². The molecule has 0 spiro atoms. The Morgan fingerprint density at radius 2 is 1.60 bits per heavy atom. The first kappa shape index (κ1) is 25.5. The molecule has 1 amide bonds. The van der Waals surface area contributed by atoms with Crippen molar-refractivity contribution < 1.29 is 32.4 Å². The van der Waals surface area contributed by atoms with Crippen molar-refractivity contribution in [1.29, 1.82) is 0 Å². The zero-order valence-electron chi connectivity index (χ0n) is 19.0. The van der Waals surface area contributed by atoms with Crippen LogP contribution in [0, 0.1) is 10.1 Å². The van der Waals surface area contributed by atoms with Gasteiger partial charge >= 0.3 is 6.18 Å². The Balaban J connectivity index is 1.87. The lowest BCUT2D eigenvalue weighted by Gasteiger charge is -2.23. The molecule has 3 aromatic carbocycles. The van der Waals surface area contributed by atoms with Crippen molar-refractivity contribution in [2.75, 3.05) is 20.8 Å². The molecule has 3 rings (SSSR count). The van der Waals surface area contributed by atoms with Crippen molar-refractivity contribution >= 4 is 11.6 Å². The minimum Gasteiger partial charge on any atom is -0.493 e. The topological polar surface area (TPSA) is 81.9 Å². The standard InChI is InChI=1S/C25H23F3N2O5/c1-34-22-11-8-17(14-23(22)35-2)12-13-29(16-18-6-9-20(10-7-18)25(26,27)28)24(31)19-4-3-5-21(15-19)30(32)33/h3-11,14-15H,12-13,16H2,1-2H3. The van der Waals surface area contributed by atoms with E-state index in [1.807, 2.05) is 6.07 Å². The van der Waals surface area contributed by atoms with Crippen molar-refractivity contribution in [1.82, 2.24) is 4.90 Å². The number of ether oxygens (including phenoxy) is 2. The predicted octanol–water partition coefficient (Wildman–Crippen LogP) is 5.52. The molecule has 184 valence electrons. The Hall–Kier alpha value is -4.08. The monoisotopic (exact) mass is 488 g/mol. The van der Waals surface area contributed by atoms with E-state index in [4.69, 9.17) is 9.47 Å². The van der Waals surface area contributed by atoms with Crippen LogP contribution in [0.5, 0.6) is 11.5 Å². The summed E-state index contributed by atoms with van der Waals surface area (Å²) >= 11 is 0.